The molecule has 0 fully saturated rings. The van der Waals surface area contributed by atoms with Gasteiger partial charge in [-0.25, -0.2) is 9.59 Å². The molecule has 0 spiro atoms. The minimum atomic E-state index is -0.670. The van der Waals surface area contributed by atoms with E-state index < -0.39 is 18.2 Å². The van der Waals surface area contributed by atoms with Crippen molar-refractivity contribution in [2.75, 3.05) is 13.7 Å². The second-order valence-corrected chi connectivity index (χ2v) is 7.90. The molecule has 0 radical (unpaired) electrons. The Labute approximate surface area is 190 Å². The van der Waals surface area contributed by atoms with Crippen molar-refractivity contribution in [2.24, 2.45) is 0 Å². The van der Waals surface area contributed by atoms with Crippen LogP contribution in [0.3, 0.4) is 0 Å². The largest absolute Gasteiger partial charge is 0.479 e. The lowest BCUT2D eigenvalue weighted by atomic mass is 9.78. The Morgan fingerprint density at radius 2 is 1.50 bits per heavy atom. The third kappa shape index (κ3) is 6.44. The van der Waals surface area contributed by atoms with Crippen LogP contribution in [-0.2, 0) is 24.5 Å². The standard InChI is InChI=1S/C26H32O6/c1-7-17-30-18(3)24(27)32-22-15-11-20(12-16-22)26(4,5)19-9-13-21(14-10-19)31-23(8-2)25(28)29-6/h7,9-16,18,23H,1,8,17H2,2-6H3. The van der Waals surface area contributed by atoms with E-state index >= 15 is 0 Å². The van der Waals surface area contributed by atoms with E-state index in [-0.39, 0.29) is 18.0 Å². The van der Waals surface area contributed by atoms with E-state index in [1.54, 1.807) is 25.1 Å². The Hall–Kier alpha value is -3.12. The summed E-state index contributed by atoms with van der Waals surface area (Å²) in [6.45, 7) is 11.6. The lowest BCUT2D eigenvalue weighted by Gasteiger charge is -2.26. The molecule has 172 valence electrons. The van der Waals surface area contributed by atoms with Gasteiger partial charge in [-0.15, -0.1) is 6.58 Å². The average Bonchev–Trinajstić information content (AvgIpc) is 2.81. The van der Waals surface area contributed by atoms with Gasteiger partial charge in [-0.05, 0) is 48.7 Å². The molecule has 2 rings (SSSR count). The van der Waals surface area contributed by atoms with E-state index in [1.165, 1.54) is 7.11 Å². The molecule has 2 atom stereocenters. The molecule has 2 unspecified atom stereocenters. The van der Waals surface area contributed by atoms with Crippen molar-refractivity contribution in [3.63, 3.8) is 0 Å². The predicted molar refractivity (Wildman–Crippen MR) is 123 cm³/mol. The zero-order valence-electron chi connectivity index (χ0n) is 19.4. The van der Waals surface area contributed by atoms with E-state index in [2.05, 4.69) is 20.4 Å². The van der Waals surface area contributed by atoms with Crippen LogP contribution in [0, 0.1) is 0 Å². The molecule has 0 aliphatic heterocycles. The van der Waals surface area contributed by atoms with Crippen LogP contribution in [0.5, 0.6) is 11.5 Å². The minimum absolute atomic E-state index is 0.287. The van der Waals surface area contributed by atoms with Crippen LogP contribution < -0.4 is 9.47 Å². The van der Waals surface area contributed by atoms with E-state index in [9.17, 15) is 9.59 Å². The van der Waals surface area contributed by atoms with E-state index in [4.69, 9.17) is 18.9 Å². The first-order chi connectivity index (χ1) is 15.2. The van der Waals surface area contributed by atoms with Crippen molar-refractivity contribution in [3.8, 4) is 11.5 Å². The normalized spacial score (nSPS) is 13.0. The molecule has 6 nitrogen and oxygen atoms in total. The van der Waals surface area contributed by atoms with Gasteiger partial charge in [0.15, 0.2) is 12.2 Å². The summed E-state index contributed by atoms with van der Waals surface area (Å²) in [5.74, 6) is 0.226. The second kappa shape index (κ2) is 11.5. The SMILES string of the molecule is C=CCOC(C)C(=O)Oc1ccc(C(C)(C)c2ccc(OC(CC)C(=O)OC)cc2)cc1. The molecule has 0 amide bonds. The molecular formula is C26H32O6. The highest BCUT2D eigenvalue weighted by Gasteiger charge is 2.24. The first-order valence-electron chi connectivity index (χ1n) is 10.6. The van der Waals surface area contributed by atoms with Gasteiger partial charge in [0.1, 0.15) is 11.5 Å². The zero-order valence-corrected chi connectivity index (χ0v) is 19.4. The smallest absolute Gasteiger partial charge is 0.347 e. The third-order valence-electron chi connectivity index (χ3n) is 5.28. The topological polar surface area (TPSA) is 71.1 Å². The molecule has 2 aromatic carbocycles. The third-order valence-corrected chi connectivity index (χ3v) is 5.28. The summed E-state index contributed by atoms with van der Waals surface area (Å²) in [5, 5.41) is 0. The summed E-state index contributed by atoms with van der Waals surface area (Å²) in [6.07, 6.45) is 0.812. The maximum absolute atomic E-state index is 12.1. The minimum Gasteiger partial charge on any atom is -0.479 e. The van der Waals surface area contributed by atoms with Gasteiger partial charge in [0.25, 0.3) is 0 Å². The molecule has 0 saturated heterocycles. The van der Waals surface area contributed by atoms with Crippen LogP contribution in [0.1, 0.15) is 45.2 Å². The fourth-order valence-corrected chi connectivity index (χ4v) is 3.13. The van der Waals surface area contributed by atoms with Gasteiger partial charge in [0.05, 0.1) is 13.7 Å². The molecular weight excluding hydrogens is 408 g/mol. The first kappa shape index (κ1) is 25.1. The molecule has 0 aliphatic carbocycles. The first-order valence-corrected chi connectivity index (χ1v) is 10.6. The van der Waals surface area contributed by atoms with Gasteiger partial charge in [0.2, 0.25) is 0 Å². The van der Waals surface area contributed by atoms with E-state index in [0.717, 1.165) is 11.1 Å². The second-order valence-electron chi connectivity index (χ2n) is 7.90. The summed E-state index contributed by atoms with van der Waals surface area (Å²) < 4.78 is 21.2. The van der Waals surface area contributed by atoms with Gasteiger partial charge in [-0.1, -0.05) is 51.1 Å². The number of esters is 2. The lowest BCUT2D eigenvalue weighted by molar-refractivity contribution is -0.149. The summed E-state index contributed by atoms with van der Waals surface area (Å²) in [6, 6.07) is 15.1. The van der Waals surface area contributed by atoms with E-state index in [1.807, 2.05) is 43.3 Å². The van der Waals surface area contributed by atoms with Gasteiger partial charge in [0, 0.05) is 5.41 Å². The number of methoxy groups -OCH3 is 1. The van der Waals surface area contributed by atoms with Crippen LogP contribution in [0.4, 0.5) is 0 Å². The van der Waals surface area contributed by atoms with Crippen molar-refractivity contribution in [1.29, 1.82) is 0 Å². The maximum atomic E-state index is 12.1. The van der Waals surface area contributed by atoms with E-state index in [0.29, 0.717) is 17.9 Å². The highest BCUT2D eigenvalue weighted by atomic mass is 16.6. The fraction of sp³-hybridized carbons (Fsp3) is 0.385. The molecule has 0 N–H and O–H groups in total. The number of hydrogen-bond donors (Lipinski definition) is 0. The van der Waals surface area contributed by atoms with Gasteiger partial charge >= 0.3 is 11.9 Å². The van der Waals surface area contributed by atoms with Gasteiger partial charge in [-0.2, -0.15) is 0 Å². The number of rotatable bonds is 11. The Kier molecular flexibility index (Phi) is 9.02. The van der Waals surface area contributed by atoms with Crippen LogP contribution in [0.25, 0.3) is 0 Å². The Morgan fingerprint density at radius 1 is 0.969 bits per heavy atom. The molecule has 0 saturated carbocycles. The average molecular weight is 441 g/mol. The predicted octanol–water partition coefficient (Wildman–Crippen LogP) is 4.84. The van der Waals surface area contributed by atoms with Crippen molar-refractivity contribution in [1.82, 2.24) is 0 Å². The molecule has 2 aromatic rings. The Bertz CT molecular complexity index is 899. The number of ether oxygens (including phenoxy) is 4. The van der Waals surface area contributed by atoms with Crippen LogP contribution in [-0.4, -0.2) is 37.9 Å². The molecule has 0 bridgehead atoms. The summed E-state index contributed by atoms with van der Waals surface area (Å²) in [4.78, 5) is 23.8. The zero-order chi connectivity index (χ0) is 23.7. The van der Waals surface area contributed by atoms with Crippen LogP contribution in [0.2, 0.25) is 0 Å². The lowest BCUT2D eigenvalue weighted by Crippen LogP contribution is -2.27. The number of carbonyl (C=O) groups is 2. The summed E-state index contributed by atoms with van der Waals surface area (Å²) in [7, 11) is 1.35. The molecule has 6 heteroatoms. The molecule has 0 aliphatic rings. The van der Waals surface area contributed by atoms with Crippen molar-refractivity contribution < 1.29 is 28.5 Å². The summed E-state index contributed by atoms with van der Waals surface area (Å²) in [5.41, 5.74) is 1.84. The van der Waals surface area contributed by atoms with Crippen LogP contribution >= 0.6 is 0 Å². The maximum Gasteiger partial charge on any atom is 0.347 e. The number of hydrogen-bond acceptors (Lipinski definition) is 6. The monoisotopic (exact) mass is 440 g/mol. The Balaban J connectivity index is 2.08. The van der Waals surface area contributed by atoms with Gasteiger partial charge < -0.3 is 18.9 Å². The van der Waals surface area contributed by atoms with Gasteiger partial charge in [-0.3, -0.25) is 0 Å². The fourth-order valence-electron chi connectivity index (χ4n) is 3.13. The quantitative estimate of drug-likeness (QED) is 0.283. The number of benzene rings is 2. The summed E-state index contributed by atoms with van der Waals surface area (Å²) >= 11 is 0. The van der Waals surface area contributed by atoms with Crippen molar-refractivity contribution in [3.05, 3.63) is 72.3 Å². The number of carbonyl (C=O) groups excluding carboxylic acids is 2. The highest BCUT2D eigenvalue weighted by Crippen LogP contribution is 2.33. The Morgan fingerprint density at radius 3 is 1.97 bits per heavy atom. The van der Waals surface area contributed by atoms with Crippen molar-refractivity contribution in [2.45, 2.75) is 51.7 Å². The van der Waals surface area contributed by atoms with Crippen molar-refractivity contribution >= 4 is 11.9 Å². The molecule has 32 heavy (non-hydrogen) atoms. The molecule has 0 heterocycles. The molecule has 0 aromatic heterocycles. The van der Waals surface area contributed by atoms with Crippen LogP contribution in [0.15, 0.2) is 61.2 Å². The highest BCUT2D eigenvalue weighted by molar-refractivity contribution is 5.76.